The molecule has 3 aromatic heterocycles. The Morgan fingerprint density at radius 2 is 1.72 bits per heavy atom. The van der Waals surface area contributed by atoms with Crippen molar-refractivity contribution in [2.75, 3.05) is 26.6 Å². The first kappa shape index (κ1) is 21.2. The first-order chi connectivity index (χ1) is 15.4. The molecule has 0 aliphatic heterocycles. The molecule has 0 spiro atoms. The fraction of sp³-hybridized carbons (Fsp3) is 0.273. The van der Waals surface area contributed by atoms with E-state index in [0.717, 1.165) is 11.3 Å². The molecular weight excluding hydrogens is 414 g/mol. The molecule has 0 saturated heterocycles. The molecule has 0 aliphatic carbocycles. The minimum atomic E-state index is -0.360. The highest BCUT2D eigenvalue weighted by Crippen LogP contribution is 2.40. The monoisotopic (exact) mass is 437 g/mol. The lowest BCUT2D eigenvalue weighted by Crippen LogP contribution is -2.13. The highest BCUT2D eigenvalue weighted by atomic mass is 16.5. The first-order valence-corrected chi connectivity index (χ1v) is 9.75. The largest absolute Gasteiger partial charge is 0.493 e. The molecule has 0 aliphatic rings. The zero-order valence-electron chi connectivity index (χ0n) is 18.6. The average molecular weight is 437 g/mol. The van der Waals surface area contributed by atoms with E-state index in [-0.39, 0.29) is 11.6 Å². The van der Waals surface area contributed by atoms with Crippen molar-refractivity contribution in [3.63, 3.8) is 0 Å². The van der Waals surface area contributed by atoms with Gasteiger partial charge in [0.1, 0.15) is 0 Å². The van der Waals surface area contributed by atoms with Gasteiger partial charge in [-0.25, -0.2) is 4.98 Å². The number of nitrogens with one attached hydrogen (secondary N) is 1. The number of rotatable bonds is 6. The van der Waals surface area contributed by atoms with Gasteiger partial charge in [-0.05, 0) is 19.9 Å². The lowest BCUT2D eigenvalue weighted by Gasteiger charge is -2.15. The van der Waals surface area contributed by atoms with Gasteiger partial charge < -0.3 is 24.1 Å². The fourth-order valence-corrected chi connectivity index (χ4v) is 3.61. The summed E-state index contributed by atoms with van der Waals surface area (Å²) in [6.45, 7) is 3.64. The van der Waals surface area contributed by atoms with Crippen LogP contribution in [-0.4, -0.2) is 47.2 Å². The van der Waals surface area contributed by atoms with E-state index in [1.165, 1.54) is 21.3 Å². The molecule has 0 saturated carbocycles. The molecule has 0 radical (unpaired) electrons. The Labute approximate surface area is 184 Å². The van der Waals surface area contributed by atoms with Crippen LogP contribution >= 0.6 is 0 Å². The van der Waals surface area contributed by atoms with E-state index in [1.54, 1.807) is 29.8 Å². The van der Waals surface area contributed by atoms with Crippen LogP contribution in [0.4, 0.5) is 5.69 Å². The molecule has 0 fully saturated rings. The maximum absolute atomic E-state index is 13.4. The van der Waals surface area contributed by atoms with Gasteiger partial charge in [0.2, 0.25) is 5.75 Å². The molecule has 0 atom stereocenters. The second-order valence-electron chi connectivity index (χ2n) is 7.17. The predicted octanol–water partition coefficient (Wildman–Crippen LogP) is 3.52. The number of pyridine rings is 1. The van der Waals surface area contributed by atoms with Gasteiger partial charge in [-0.15, -0.1) is 0 Å². The molecular formula is C22H23N5O5. The fourth-order valence-electron chi connectivity index (χ4n) is 3.61. The van der Waals surface area contributed by atoms with Crippen LogP contribution in [0.25, 0.3) is 22.4 Å². The second kappa shape index (κ2) is 8.22. The molecule has 4 aromatic rings. The third-order valence-corrected chi connectivity index (χ3v) is 5.07. The first-order valence-electron chi connectivity index (χ1n) is 9.75. The topological polar surface area (TPSA) is 114 Å². The maximum Gasteiger partial charge on any atom is 0.259 e. The van der Waals surface area contributed by atoms with Crippen LogP contribution in [0.1, 0.15) is 21.7 Å². The molecule has 0 unspecified atom stereocenters. The molecule has 1 N–H and O–H groups in total. The Morgan fingerprint density at radius 3 is 2.28 bits per heavy atom. The number of ether oxygens (including phenoxy) is 3. The molecule has 4 rings (SSSR count). The quantitative estimate of drug-likeness (QED) is 0.487. The van der Waals surface area contributed by atoms with Crippen molar-refractivity contribution >= 4 is 22.7 Å². The third-order valence-electron chi connectivity index (χ3n) is 5.07. The van der Waals surface area contributed by atoms with E-state index in [1.807, 2.05) is 20.2 Å². The van der Waals surface area contributed by atoms with Crippen molar-refractivity contribution in [2.24, 2.45) is 7.05 Å². The number of aromatic nitrogens is 4. The van der Waals surface area contributed by atoms with E-state index >= 15 is 0 Å². The normalized spacial score (nSPS) is 10.9. The zero-order chi connectivity index (χ0) is 23.0. The van der Waals surface area contributed by atoms with Gasteiger partial charge in [0.15, 0.2) is 11.5 Å². The van der Waals surface area contributed by atoms with Crippen molar-refractivity contribution in [1.82, 2.24) is 19.9 Å². The van der Waals surface area contributed by atoms with Crippen LogP contribution in [-0.2, 0) is 7.05 Å². The van der Waals surface area contributed by atoms with Gasteiger partial charge >= 0.3 is 0 Å². The number of nitrogens with zero attached hydrogens (tertiary/aromatic N) is 4. The number of carbonyl (C=O) groups excluding carboxylic acids is 1. The zero-order valence-corrected chi connectivity index (χ0v) is 18.6. The molecule has 0 bridgehead atoms. The van der Waals surface area contributed by atoms with E-state index < -0.39 is 0 Å². The molecule has 10 heteroatoms. The summed E-state index contributed by atoms with van der Waals surface area (Å²) in [5.41, 5.74) is 3.84. The SMILES string of the molecule is COc1cc(NC(=O)c2cc(-c3cn(C)nc3C)nc3onc(C)c23)cc(OC)c1OC. The van der Waals surface area contributed by atoms with Crippen molar-refractivity contribution in [3.05, 3.63) is 41.3 Å². The van der Waals surface area contributed by atoms with E-state index in [0.29, 0.717) is 45.3 Å². The predicted molar refractivity (Wildman–Crippen MR) is 118 cm³/mol. The van der Waals surface area contributed by atoms with Gasteiger partial charge in [0, 0.05) is 36.6 Å². The van der Waals surface area contributed by atoms with Crippen molar-refractivity contribution in [3.8, 4) is 28.5 Å². The van der Waals surface area contributed by atoms with Crippen LogP contribution in [0.2, 0.25) is 0 Å². The van der Waals surface area contributed by atoms with Crippen LogP contribution < -0.4 is 19.5 Å². The Kier molecular flexibility index (Phi) is 5.43. The highest BCUT2D eigenvalue weighted by molar-refractivity contribution is 6.13. The van der Waals surface area contributed by atoms with Crippen LogP contribution in [0.15, 0.2) is 28.9 Å². The van der Waals surface area contributed by atoms with Crippen molar-refractivity contribution in [2.45, 2.75) is 13.8 Å². The minimum Gasteiger partial charge on any atom is -0.493 e. The third kappa shape index (κ3) is 3.59. The second-order valence-corrected chi connectivity index (χ2v) is 7.17. The van der Waals surface area contributed by atoms with Gasteiger partial charge in [-0.3, -0.25) is 9.48 Å². The molecule has 1 amide bonds. The number of fused-ring (bicyclic) bond motifs is 1. The molecule has 32 heavy (non-hydrogen) atoms. The Balaban J connectivity index is 1.80. The number of hydrogen-bond acceptors (Lipinski definition) is 8. The number of methoxy groups -OCH3 is 3. The summed E-state index contributed by atoms with van der Waals surface area (Å²) in [5.74, 6) is 0.925. The Morgan fingerprint density at radius 1 is 1.03 bits per heavy atom. The number of aryl methyl sites for hydroxylation is 3. The smallest absolute Gasteiger partial charge is 0.259 e. The summed E-state index contributed by atoms with van der Waals surface area (Å²) in [4.78, 5) is 17.9. The number of amides is 1. The van der Waals surface area contributed by atoms with Crippen molar-refractivity contribution < 1.29 is 23.5 Å². The van der Waals surface area contributed by atoms with Crippen LogP contribution in [0.5, 0.6) is 17.2 Å². The van der Waals surface area contributed by atoms with Gasteiger partial charge in [0.05, 0.1) is 49.4 Å². The number of benzene rings is 1. The summed E-state index contributed by atoms with van der Waals surface area (Å²) < 4.78 is 23.2. The molecule has 3 heterocycles. The Hall–Kier alpha value is -4.08. The summed E-state index contributed by atoms with van der Waals surface area (Å²) in [5, 5.41) is 11.8. The highest BCUT2D eigenvalue weighted by Gasteiger charge is 2.22. The summed E-state index contributed by atoms with van der Waals surface area (Å²) in [7, 11) is 6.37. The maximum atomic E-state index is 13.4. The standard InChI is InChI=1S/C22H23N5O5/c1-11-15(10-27(3)25-11)16-9-14(19-12(2)26-32-22(19)24-16)21(28)23-13-7-17(29-4)20(31-6)18(8-13)30-5/h7-10H,1-6H3,(H,23,28). The van der Waals surface area contributed by atoms with Gasteiger partial charge in [-0.2, -0.15) is 5.10 Å². The summed E-state index contributed by atoms with van der Waals surface area (Å²) in [6.07, 6.45) is 1.84. The molecule has 1 aromatic carbocycles. The van der Waals surface area contributed by atoms with E-state index in [2.05, 4.69) is 20.6 Å². The average Bonchev–Trinajstić information content (AvgIpc) is 3.33. The van der Waals surface area contributed by atoms with Gasteiger partial charge in [0.25, 0.3) is 11.6 Å². The number of carbonyl (C=O) groups is 1. The lowest BCUT2D eigenvalue weighted by molar-refractivity contribution is 0.102. The minimum absolute atomic E-state index is 0.276. The van der Waals surface area contributed by atoms with Gasteiger partial charge in [-0.1, -0.05) is 5.16 Å². The van der Waals surface area contributed by atoms with Crippen LogP contribution in [0.3, 0.4) is 0 Å². The summed E-state index contributed by atoms with van der Waals surface area (Å²) in [6, 6.07) is 5.03. The lowest BCUT2D eigenvalue weighted by atomic mass is 10.1. The van der Waals surface area contributed by atoms with Crippen LogP contribution in [0, 0.1) is 13.8 Å². The van der Waals surface area contributed by atoms with Crippen molar-refractivity contribution in [1.29, 1.82) is 0 Å². The number of hydrogen-bond donors (Lipinski definition) is 1. The summed E-state index contributed by atoms with van der Waals surface area (Å²) >= 11 is 0. The molecule has 10 nitrogen and oxygen atoms in total. The number of anilines is 1. The Bertz CT molecular complexity index is 1300. The molecule has 166 valence electrons. The van der Waals surface area contributed by atoms with E-state index in [4.69, 9.17) is 18.7 Å². The van der Waals surface area contributed by atoms with E-state index in [9.17, 15) is 4.79 Å².